The minimum atomic E-state index is -0.435. The van der Waals surface area contributed by atoms with Gasteiger partial charge >= 0.3 is 0 Å². The highest BCUT2D eigenvalue weighted by atomic mass is 35.5. The molecule has 8 heteroatoms. The lowest BCUT2D eigenvalue weighted by molar-refractivity contribution is -0.113. The number of halogens is 3. The molecule has 0 radical (unpaired) electrons. The predicted octanol–water partition coefficient (Wildman–Crippen LogP) is 5.90. The van der Waals surface area contributed by atoms with E-state index in [9.17, 15) is 9.59 Å². The van der Waals surface area contributed by atoms with Gasteiger partial charge in [-0.05, 0) is 54.2 Å². The number of anilines is 1. The van der Waals surface area contributed by atoms with Crippen LogP contribution in [0.4, 0.5) is 10.5 Å². The van der Waals surface area contributed by atoms with Gasteiger partial charge in [0.15, 0.2) is 0 Å². The average molecular weight is 415 g/mol. The largest absolute Gasteiger partial charge is 0.495 e. The smallest absolute Gasteiger partial charge is 0.298 e. The Kier molecular flexibility index (Phi) is 5.29. The van der Waals surface area contributed by atoms with E-state index in [1.54, 1.807) is 36.4 Å². The number of methoxy groups -OCH3 is 1. The summed E-state index contributed by atoms with van der Waals surface area (Å²) in [5.74, 6) is -0.0557. The van der Waals surface area contributed by atoms with Crippen LogP contribution in [0.25, 0.3) is 6.08 Å². The van der Waals surface area contributed by atoms with Crippen LogP contribution in [0.3, 0.4) is 0 Å². The minimum absolute atomic E-state index is 0.247. The van der Waals surface area contributed by atoms with E-state index in [1.807, 2.05) is 0 Å². The van der Waals surface area contributed by atoms with E-state index in [2.05, 4.69) is 0 Å². The lowest BCUT2D eigenvalue weighted by Gasteiger charge is -2.12. The molecule has 3 rings (SSSR count). The van der Waals surface area contributed by atoms with Crippen molar-refractivity contribution >= 4 is 69.5 Å². The van der Waals surface area contributed by atoms with Gasteiger partial charge in [0.25, 0.3) is 11.1 Å². The molecule has 2 aromatic carbocycles. The van der Waals surface area contributed by atoms with Gasteiger partial charge in [-0.2, -0.15) is 0 Å². The van der Waals surface area contributed by atoms with Crippen LogP contribution in [0, 0.1) is 0 Å². The molecule has 0 atom stereocenters. The zero-order chi connectivity index (χ0) is 18.1. The van der Waals surface area contributed by atoms with Crippen LogP contribution in [0.2, 0.25) is 15.1 Å². The number of nitrogens with zero attached hydrogens (tertiary/aromatic N) is 1. The number of thioether (sulfide) groups is 1. The molecule has 0 aliphatic carbocycles. The fourth-order valence-corrected chi connectivity index (χ4v) is 3.87. The van der Waals surface area contributed by atoms with Crippen molar-refractivity contribution in [1.29, 1.82) is 0 Å². The highest BCUT2D eigenvalue weighted by molar-refractivity contribution is 8.19. The summed E-state index contributed by atoms with van der Waals surface area (Å²) < 4.78 is 5.26. The van der Waals surface area contributed by atoms with Gasteiger partial charge in [-0.1, -0.05) is 34.8 Å². The third kappa shape index (κ3) is 3.65. The number of rotatable bonds is 3. The quantitative estimate of drug-likeness (QED) is 0.587. The van der Waals surface area contributed by atoms with Crippen molar-refractivity contribution in [2.45, 2.75) is 0 Å². The molecular weight excluding hydrogens is 405 g/mol. The molecule has 2 aromatic rings. The molecule has 0 unspecified atom stereocenters. The molecule has 4 nitrogen and oxygen atoms in total. The summed E-state index contributed by atoms with van der Waals surface area (Å²) in [6, 6.07) is 9.60. The highest BCUT2D eigenvalue weighted by Gasteiger charge is 2.36. The van der Waals surface area contributed by atoms with Gasteiger partial charge in [-0.25, -0.2) is 4.90 Å². The second-order valence-corrected chi connectivity index (χ2v) is 7.28. The standard InChI is InChI=1S/C17H10Cl3NO3S/c1-24-15-9(6-11(19)8-13(15)20)7-14-16(22)21(17(23)25-14)12-4-2-10(18)3-5-12/h2-8H,1H3. The van der Waals surface area contributed by atoms with Gasteiger partial charge < -0.3 is 4.74 Å². The van der Waals surface area contributed by atoms with Gasteiger partial charge in [0, 0.05) is 15.6 Å². The Morgan fingerprint density at radius 2 is 1.72 bits per heavy atom. The van der Waals surface area contributed by atoms with Crippen molar-refractivity contribution in [2.24, 2.45) is 0 Å². The van der Waals surface area contributed by atoms with Crippen molar-refractivity contribution in [3.05, 3.63) is 61.9 Å². The molecule has 128 valence electrons. The molecule has 1 aliphatic rings. The van der Waals surface area contributed by atoms with Crippen molar-refractivity contribution < 1.29 is 14.3 Å². The van der Waals surface area contributed by atoms with Gasteiger partial charge in [0.05, 0.1) is 22.7 Å². The maximum atomic E-state index is 12.7. The Bertz CT molecular complexity index is 897. The van der Waals surface area contributed by atoms with Crippen LogP contribution in [0.1, 0.15) is 5.56 Å². The maximum Gasteiger partial charge on any atom is 0.298 e. The first-order valence-electron chi connectivity index (χ1n) is 6.97. The molecule has 0 saturated carbocycles. The molecule has 1 heterocycles. The van der Waals surface area contributed by atoms with E-state index in [0.29, 0.717) is 32.1 Å². The van der Waals surface area contributed by atoms with E-state index in [0.717, 1.165) is 16.7 Å². The zero-order valence-electron chi connectivity index (χ0n) is 12.8. The number of imide groups is 1. The Hall–Kier alpha value is -1.66. The van der Waals surface area contributed by atoms with E-state index >= 15 is 0 Å². The van der Waals surface area contributed by atoms with E-state index < -0.39 is 11.1 Å². The van der Waals surface area contributed by atoms with Crippen molar-refractivity contribution in [1.82, 2.24) is 0 Å². The maximum absolute atomic E-state index is 12.7. The molecule has 2 amide bonds. The first-order chi connectivity index (χ1) is 11.9. The molecule has 1 fully saturated rings. The summed E-state index contributed by atoms with van der Waals surface area (Å²) in [4.78, 5) is 26.3. The predicted molar refractivity (Wildman–Crippen MR) is 103 cm³/mol. The van der Waals surface area contributed by atoms with Gasteiger partial charge in [-0.15, -0.1) is 0 Å². The Labute approximate surface area is 163 Å². The van der Waals surface area contributed by atoms with Gasteiger partial charge in [-0.3, -0.25) is 9.59 Å². The molecule has 25 heavy (non-hydrogen) atoms. The number of carbonyl (C=O) groups is 2. The van der Waals surface area contributed by atoms with Crippen LogP contribution in [0.15, 0.2) is 41.3 Å². The van der Waals surface area contributed by atoms with Crippen molar-refractivity contribution in [3.8, 4) is 5.75 Å². The summed E-state index contributed by atoms with van der Waals surface area (Å²) in [6.45, 7) is 0. The molecular formula is C17H10Cl3NO3S. The average Bonchev–Trinajstić information content (AvgIpc) is 2.82. The van der Waals surface area contributed by atoms with Crippen molar-refractivity contribution in [2.75, 3.05) is 12.0 Å². The van der Waals surface area contributed by atoms with Gasteiger partial charge in [0.2, 0.25) is 0 Å². The second kappa shape index (κ2) is 7.30. The zero-order valence-corrected chi connectivity index (χ0v) is 15.8. The lowest BCUT2D eigenvalue weighted by Crippen LogP contribution is -2.27. The summed E-state index contributed by atoms with van der Waals surface area (Å²) >= 11 is 18.8. The number of hydrogen-bond acceptors (Lipinski definition) is 4. The topological polar surface area (TPSA) is 46.6 Å². The van der Waals surface area contributed by atoms with Crippen LogP contribution < -0.4 is 9.64 Å². The molecule has 0 spiro atoms. The summed E-state index contributed by atoms with van der Waals surface area (Å²) in [5, 5.41) is 0.836. The number of amides is 2. The second-order valence-electron chi connectivity index (χ2n) is 5.00. The fraction of sp³-hybridized carbons (Fsp3) is 0.0588. The molecule has 1 saturated heterocycles. The monoisotopic (exact) mass is 413 g/mol. The SMILES string of the molecule is COc1c(Cl)cc(Cl)cc1C=C1SC(=O)N(c2ccc(Cl)cc2)C1=O. The lowest BCUT2D eigenvalue weighted by atomic mass is 10.1. The summed E-state index contributed by atoms with van der Waals surface area (Å²) in [6.07, 6.45) is 1.54. The van der Waals surface area contributed by atoms with Crippen LogP contribution in [0.5, 0.6) is 5.75 Å². The minimum Gasteiger partial charge on any atom is -0.495 e. The number of hydrogen-bond donors (Lipinski definition) is 0. The number of ether oxygens (including phenoxy) is 1. The van der Waals surface area contributed by atoms with Crippen LogP contribution in [-0.2, 0) is 4.79 Å². The van der Waals surface area contributed by atoms with Crippen LogP contribution in [-0.4, -0.2) is 18.3 Å². The molecule has 1 aliphatic heterocycles. The normalized spacial score (nSPS) is 16.0. The molecule has 0 aromatic heterocycles. The number of benzene rings is 2. The first-order valence-corrected chi connectivity index (χ1v) is 8.92. The Morgan fingerprint density at radius 1 is 1.04 bits per heavy atom. The summed E-state index contributed by atoms with van der Waals surface area (Å²) in [7, 11) is 1.46. The first kappa shape index (κ1) is 18.1. The van der Waals surface area contributed by atoms with Crippen LogP contribution >= 0.6 is 46.6 Å². The summed E-state index contributed by atoms with van der Waals surface area (Å²) in [5.41, 5.74) is 0.966. The molecule has 0 N–H and O–H groups in total. The van der Waals surface area contributed by atoms with Gasteiger partial charge in [0.1, 0.15) is 5.75 Å². The van der Waals surface area contributed by atoms with E-state index in [4.69, 9.17) is 39.5 Å². The Morgan fingerprint density at radius 3 is 2.36 bits per heavy atom. The van der Waals surface area contributed by atoms with E-state index in [1.165, 1.54) is 13.2 Å². The molecule has 0 bridgehead atoms. The van der Waals surface area contributed by atoms with E-state index in [-0.39, 0.29) is 4.91 Å². The number of carbonyl (C=O) groups excluding carboxylic acids is 2. The fourth-order valence-electron chi connectivity index (χ4n) is 2.32. The highest BCUT2D eigenvalue weighted by Crippen LogP contribution is 2.39. The van der Waals surface area contributed by atoms with Crippen molar-refractivity contribution in [3.63, 3.8) is 0 Å². The third-order valence-electron chi connectivity index (χ3n) is 3.41. The third-order valence-corrected chi connectivity index (χ3v) is 5.03. The Balaban J connectivity index is 2.00.